The first-order valence-corrected chi connectivity index (χ1v) is 4.16. The summed E-state index contributed by atoms with van der Waals surface area (Å²) in [6.07, 6.45) is -4.77. The van der Waals surface area contributed by atoms with Crippen LogP contribution in [0.2, 0.25) is 5.02 Å². The Bertz CT molecular complexity index is 356. The summed E-state index contributed by atoms with van der Waals surface area (Å²) in [5.41, 5.74) is 5.30. The molecule has 0 radical (unpaired) electrons. The molecular formula is C7H5ClF3NOS. The van der Waals surface area contributed by atoms with Crippen LogP contribution < -0.4 is 10.5 Å². The van der Waals surface area contributed by atoms with E-state index in [9.17, 15) is 13.2 Å². The van der Waals surface area contributed by atoms with E-state index in [4.69, 9.17) is 17.3 Å². The number of benzene rings is 1. The number of alkyl halides is 3. The van der Waals surface area contributed by atoms with Crippen molar-refractivity contribution in [1.29, 1.82) is 0 Å². The lowest BCUT2D eigenvalue weighted by Crippen LogP contribution is -2.17. The van der Waals surface area contributed by atoms with E-state index in [1.54, 1.807) is 0 Å². The summed E-state index contributed by atoms with van der Waals surface area (Å²) in [6.45, 7) is 0. The first-order chi connectivity index (χ1) is 6.29. The molecule has 1 aromatic rings. The molecule has 0 unspecified atom stereocenters. The highest BCUT2D eigenvalue weighted by molar-refractivity contribution is 7.80. The molecule has 2 nitrogen and oxygen atoms in total. The maximum atomic E-state index is 11.8. The van der Waals surface area contributed by atoms with Crippen LogP contribution in [0.4, 0.5) is 18.9 Å². The number of thiol groups is 1. The maximum Gasteiger partial charge on any atom is 0.573 e. The Morgan fingerprint density at radius 3 is 2.43 bits per heavy atom. The van der Waals surface area contributed by atoms with Gasteiger partial charge in [0.25, 0.3) is 0 Å². The molecule has 1 rings (SSSR count). The molecule has 0 aliphatic rings. The van der Waals surface area contributed by atoms with E-state index in [0.717, 1.165) is 6.07 Å². The van der Waals surface area contributed by atoms with E-state index in [1.165, 1.54) is 6.07 Å². The fourth-order valence-electron chi connectivity index (χ4n) is 0.765. The van der Waals surface area contributed by atoms with Gasteiger partial charge >= 0.3 is 6.36 Å². The SMILES string of the molecule is Nc1cc(OC(F)(F)F)c(S)cc1Cl. The summed E-state index contributed by atoms with van der Waals surface area (Å²) in [7, 11) is 0. The van der Waals surface area contributed by atoms with E-state index in [2.05, 4.69) is 17.4 Å². The first kappa shape index (κ1) is 11.3. The molecule has 0 saturated heterocycles. The normalized spacial score (nSPS) is 11.5. The highest BCUT2D eigenvalue weighted by Crippen LogP contribution is 2.34. The summed E-state index contributed by atoms with van der Waals surface area (Å²) in [4.78, 5) is -0.0264. The van der Waals surface area contributed by atoms with E-state index in [1.807, 2.05) is 0 Å². The number of nitrogens with two attached hydrogens (primary N) is 1. The Hall–Kier alpha value is -0.750. The average molecular weight is 244 g/mol. The van der Waals surface area contributed by atoms with Crippen molar-refractivity contribution in [2.45, 2.75) is 11.3 Å². The third-order valence-electron chi connectivity index (χ3n) is 1.30. The highest BCUT2D eigenvalue weighted by Gasteiger charge is 2.32. The lowest BCUT2D eigenvalue weighted by Gasteiger charge is -2.11. The van der Waals surface area contributed by atoms with Gasteiger partial charge in [-0.25, -0.2) is 0 Å². The third kappa shape index (κ3) is 2.88. The molecule has 1 aromatic carbocycles. The molecule has 78 valence electrons. The van der Waals surface area contributed by atoms with Gasteiger partial charge in [0.05, 0.1) is 10.7 Å². The minimum absolute atomic E-state index is 0.00344. The molecule has 0 saturated carbocycles. The van der Waals surface area contributed by atoms with Crippen molar-refractivity contribution < 1.29 is 17.9 Å². The van der Waals surface area contributed by atoms with Gasteiger partial charge in [-0.15, -0.1) is 25.8 Å². The fourth-order valence-corrected chi connectivity index (χ4v) is 1.24. The molecule has 0 fully saturated rings. The van der Waals surface area contributed by atoms with Gasteiger partial charge in [0.15, 0.2) is 0 Å². The average Bonchev–Trinajstić information content (AvgIpc) is 1.97. The lowest BCUT2D eigenvalue weighted by molar-refractivity contribution is -0.275. The van der Waals surface area contributed by atoms with Crippen molar-refractivity contribution in [3.63, 3.8) is 0 Å². The van der Waals surface area contributed by atoms with E-state index < -0.39 is 12.1 Å². The van der Waals surface area contributed by atoms with Crippen LogP contribution in [0.15, 0.2) is 17.0 Å². The molecule has 0 aromatic heterocycles. The largest absolute Gasteiger partial charge is 0.573 e. The summed E-state index contributed by atoms with van der Waals surface area (Å²) < 4.78 is 39.1. The topological polar surface area (TPSA) is 35.2 Å². The maximum absolute atomic E-state index is 11.8. The Morgan fingerprint density at radius 2 is 1.93 bits per heavy atom. The molecule has 0 aliphatic heterocycles. The monoisotopic (exact) mass is 243 g/mol. The number of anilines is 1. The van der Waals surface area contributed by atoms with Gasteiger partial charge in [0.2, 0.25) is 0 Å². The number of halogens is 4. The number of hydrogen-bond acceptors (Lipinski definition) is 3. The van der Waals surface area contributed by atoms with Crippen LogP contribution >= 0.6 is 24.2 Å². The lowest BCUT2D eigenvalue weighted by atomic mass is 10.3. The second-order valence-corrected chi connectivity index (χ2v) is 3.28. The van der Waals surface area contributed by atoms with Gasteiger partial charge in [0, 0.05) is 11.0 Å². The quantitative estimate of drug-likeness (QED) is 0.587. The van der Waals surface area contributed by atoms with Crippen molar-refractivity contribution in [3.8, 4) is 5.75 Å². The Labute approximate surface area is 88.2 Å². The van der Waals surface area contributed by atoms with Gasteiger partial charge in [-0.3, -0.25) is 0 Å². The zero-order chi connectivity index (χ0) is 10.9. The molecule has 0 spiro atoms. The van der Waals surface area contributed by atoms with Gasteiger partial charge in [0.1, 0.15) is 5.75 Å². The smallest absolute Gasteiger partial charge is 0.405 e. The molecule has 0 atom stereocenters. The Balaban J connectivity index is 3.04. The first-order valence-electron chi connectivity index (χ1n) is 3.33. The molecule has 14 heavy (non-hydrogen) atoms. The van der Waals surface area contributed by atoms with Crippen LogP contribution in [0.1, 0.15) is 0 Å². The fraction of sp³-hybridized carbons (Fsp3) is 0.143. The Morgan fingerprint density at radius 1 is 1.36 bits per heavy atom. The minimum Gasteiger partial charge on any atom is -0.405 e. The van der Waals surface area contributed by atoms with Crippen LogP contribution in [0.3, 0.4) is 0 Å². The van der Waals surface area contributed by atoms with Crippen molar-refractivity contribution in [1.82, 2.24) is 0 Å². The van der Waals surface area contributed by atoms with Crippen molar-refractivity contribution in [3.05, 3.63) is 17.2 Å². The van der Waals surface area contributed by atoms with E-state index in [0.29, 0.717) is 0 Å². The zero-order valence-corrected chi connectivity index (χ0v) is 8.25. The zero-order valence-electron chi connectivity index (χ0n) is 6.60. The predicted octanol–water partition coefficient (Wildman–Crippen LogP) is 3.11. The number of hydrogen-bond donors (Lipinski definition) is 2. The predicted molar refractivity (Wildman–Crippen MR) is 49.8 cm³/mol. The van der Waals surface area contributed by atoms with Crippen molar-refractivity contribution >= 4 is 29.9 Å². The highest BCUT2D eigenvalue weighted by atomic mass is 35.5. The molecular weight excluding hydrogens is 239 g/mol. The van der Waals surface area contributed by atoms with Crippen LogP contribution in [-0.4, -0.2) is 6.36 Å². The molecule has 0 bridgehead atoms. The standard InChI is InChI=1S/C7H5ClF3NOS/c8-3-1-6(14)5(2-4(3)12)13-7(9,10)11/h1-2,14H,12H2. The van der Waals surface area contributed by atoms with Crippen LogP contribution in [0, 0.1) is 0 Å². The van der Waals surface area contributed by atoms with E-state index >= 15 is 0 Å². The summed E-state index contributed by atoms with van der Waals surface area (Å²) in [5, 5.41) is 0.129. The molecule has 0 aliphatic carbocycles. The molecule has 2 N–H and O–H groups in total. The van der Waals surface area contributed by atoms with Crippen LogP contribution in [-0.2, 0) is 0 Å². The second kappa shape index (κ2) is 3.78. The van der Waals surface area contributed by atoms with Gasteiger partial charge in [-0.2, -0.15) is 0 Å². The number of nitrogen functional groups attached to an aromatic ring is 1. The molecule has 7 heteroatoms. The van der Waals surface area contributed by atoms with Crippen molar-refractivity contribution in [2.24, 2.45) is 0 Å². The Kier molecular flexibility index (Phi) is 3.06. The van der Waals surface area contributed by atoms with Gasteiger partial charge in [-0.1, -0.05) is 11.6 Å². The molecule has 0 amide bonds. The number of rotatable bonds is 1. The summed E-state index contributed by atoms with van der Waals surface area (Å²) >= 11 is 9.31. The third-order valence-corrected chi connectivity index (χ3v) is 1.98. The summed E-state index contributed by atoms with van der Waals surface area (Å²) in [5.74, 6) is -0.470. The summed E-state index contributed by atoms with van der Waals surface area (Å²) in [6, 6.07) is 2.15. The van der Waals surface area contributed by atoms with Crippen molar-refractivity contribution in [2.75, 3.05) is 5.73 Å². The second-order valence-electron chi connectivity index (χ2n) is 2.39. The van der Waals surface area contributed by atoms with Crippen LogP contribution in [0.5, 0.6) is 5.75 Å². The van der Waals surface area contributed by atoms with Gasteiger partial charge < -0.3 is 10.5 Å². The number of ether oxygens (including phenoxy) is 1. The van der Waals surface area contributed by atoms with E-state index in [-0.39, 0.29) is 15.6 Å². The minimum atomic E-state index is -4.77. The van der Waals surface area contributed by atoms with Crippen LogP contribution in [0.25, 0.3) is 0 Å². The van der Waals surface area contributed by atoms with Gasteiger partial charge in [-0.05, 0) is 6.07 Å². The molecule has 0 heterocycles.